The molecule has 0 spiro atoms. The van der Waals surface area contributed by atoms with Gasteiger partial charge in [-0.05, 0) is 25.0 Å². The number of carbonyl (C=O) groups excluding carboxylic acids is 3. The average molecular weight is 352 g/mol. The van der Waals surface area contributed by atoms with Gasteiger partial charge in [-0.3, -0.25) is 24.2 Å². The monoisotopic (exact) mass is 352 g/mol. The number of aromatic nitrogens is 2. The van der Waals surface area contributed by atoms with Crippen molar-refractivity contribution in [2.24, 2.45) is 11.8 Å². The lowest BCUT2D eigenvalue weighted by molar-refractivity contribution is -0.143. The molecule has 0 N–H and O–H groups in total. The second-order valence-corrected chi connectivity index (χ2v) is 7.36. The number of amides is 3. The lowest BCUT2D eigenvalue weighted by Crippen LogP contribution is -2.43. The van der Waals surface area contributed by atoms with Crippen LogP contribution >= 0.6 is 0 Å². The lowest BCUT2D eigenvalue weighted by Gasteiger charge is -2.19. The number of hydrogen-bond donors (Lipinski definition) is 0. The summed E-state index contributed by atoms with van der Waals surface area (Å²) >= 11 is 0. The van der Waals surface area contributed by atoms with E-state index in [-0.39, 0.29) is 36.1 Å². The van der Waals surface area contributed by atoms with Gasteiger partial charge in [0, 0.05) is 13.1 Å². The van der Waals surface area contributed by atoms with Gasteiger partial charge >= 0.3 is 0 Å². The van der Waals surface area contributed by atoms with Crippen molar-refractivity contribution in [2.75, 3.05) is 18.0 Å². The highest BCUT2D eigenvalue weighted by atomic mass is 16.2. The predicted octanol–water partition coefficient (Wildman–Crippen LogP) is 1.56. The van der Waals surface area contributed by atoms with Crippen LogP contribution in [0.5, 0.6) is 0 Å². The molecule has 1 saturated carbocycles. The Balaban J connectivity index is 1.39. The Labute approximate surface area is 150 Å². The summed E-state index contributed by atoms with van der Waals surface area (Å²) < 4.78 is 2.01. The minimum absolute atomic E-state index is 0.166. The molecule has 5 rings (SSSR count). The molecule has 2 aliphatic heterocycles. The first-order valence-corrected chi connectivity index (χ1v) is 9.26. The fourth-order valence-electron chi connectivity index (χ4n) is 4.63. The van der Waals surface area contributed by atoms with Gasteiger partial charge in [0.2, 0.25) is 23.7 Å². The molecule has 1 aromatic heterocycles. The van der Waals surface area contributed by atoms with Crippen molar-refractivity contribution in [3.63, 3.8) is 0 Å². The normalized spacial score (nSPS) is 25.1. The molecule has 0 unspecified atom stereocenters. The third-order valence-corrected chi connectivity index (χ3v) is 5.95. The van der Waals surface area contributed by atoms with E-state index in [1.54, 1.807) is 4.90 Å². The van der Waals surface area contributed by atoms with E-state index < -0.39 is 0 Å². The number of nitrogens with zero attached hydrogens (tertiary/aromatic N) is 4. The van der Waals surface area contributed by atoms with Crippen molar-refractivity contribution < 1.29 is 14.4 Å². The zero-order valence-electron chi connectivity index (χ0n) is 14.4. The van der Waals surface area contributed by atoms with Crippen molar-refractivity contribution in [3.8, 4) is 0 Å². The number of fused-ring (bicyclic) bond motifs is 4. The second-order valence-electron chi connectivity index (χ2n) is 7.36. The molecule has 1 aromatic carbocycles. The van der Waals surface area contributed by atoms with E-state index in [9.17, 15) is 14.4 Å². The van der Waals surface area contributed by atoms with E-state index in [4.69, 9.17) is 0 Å². The first-order chi connectivity index (χ1) is 12.6. The van der Waals surface area contributed by atoms with Gasteiger partial charge in [0.1, 0.15) is 6.54 Å². The molecule has 0 bridgehead atoms. The largest absolute Gasteiger partial charge is 0.308 e. The van der Waals surface area contributed by atoms with E-state index in [1.807, 2.05) is 28.8 Å². The number of hydrogen-bond acceptors (Lipinski definition) is 4. The number of imidazole rings is 1. The summed E-state index contributed by atoms with van der Waals surface area (Å²) in [7, 11) is 0. The summed E-state index contributed by atoms with van der Waals surface area (Å²) in [6.07, 6.45) is 3.50. The van der Waals surface area contributed by atoms with Gasteiger partial charge in [-0.15, -0.1) is 0 Å². The summed E-state index contributed by atoms with van der Waals surface area (Å²) in [5.41, 5.74) is 1.84. The fourth-order valence-corrected chi connectivity index (χ4v) is 4.63. The predicted molar refractivity (Wildman–Crippen MR) is 94.3 cm³/mol. The van der Waals surface area contributed by atoms with E-state index in [0.717, 1.165) is 36.7 Å². The van der Waals surface area contributed by atoms with Crippen molar-refractivity contribution in [1.82, 2.24) is 14.5 Å². The van der Waals surface area contributed by atoms with Gasteiger partial charge < -0.3 is 4.57 Å². The zero-order chi connectivity index (χ0) is 17.8. The van der Waals surface area contributed by atoms with Crippen molar-refractivity contribution in [1.29, 1.82) is 0 Å². The van der Waals surface area contributed by atoms with Crippen LogP contribution < -0.4 is 4.90 Å². The van der Waals surface area contributed by atoms with Crippen LogP contribution in [0.4, 0.5) is 5.95 Å². The van der Waals surface area contributed by atoms with Crippen LogP contribution in [0.15, 0.2) is 24.3 Å². The van der Waals surface area contributed by atoms with Crippen LogP contribution in [0.1, 0.15) is 25.7 Å². The number of likely N-dealkylation sites (tertiary alicyclic amines) is 1. The van der Waals surface area contributed by atoms with Crippen LogP contribution in [-0.2, 0) is 20.9 Å². The van der Waals surface area contributed by atoms with Crippen LogP contribution in [0, 0.1) is 11.8 Å². The number of anilines is 1. The first kappa shape index (κ1) is 15.5. The highest BCUT2D eigenvalue weighted by Gasteiger charge is 2.49. The molecule has 2 fully saturated rings. The average Bonchev–Trinajstić information content (AvgIpc) is 3.29. The van der Waals surface area contributed by atoms with E-state index >= 15 is 0 Å². The van der Waals surface area contributed by atoms with Gasteiger partial charge in [0.25, 0.3) is 0 Å². The summed E-state index contributed by atoms with van der Waals surface area (Å²) in [6, 6.07) is 7.77. The standard InChI is InChI=1S/C19H20N4O3/c24-16(11-23-17(25)12-5-1-2-6-13(12)18(23)26)22-10-9-21-15-8-4-3-7-14(15)20-19(21)22/h3-4,7-8,12-13H,1-2,5-6,9-11H2/t12-,13-/m1/s1. The van der Waals surface area contributed by atoms with Crippen LogP contribution in [0.2, 0.25) is 0 Å². The summed E-state index contributed by atoms with van der Waals surface area (Å²) in [4.78, 5) is 45.4. The molecule has 3 heterocycles. The molecule has 2 aromatic rings. The molecule has 1 aliphatic carbocycles. The molecule has 26 heavy (non-hydrogen) atoms. The maximum absolute atomic E-state index is 12.9. The summed E-state index contributed by atoms with van der Waals surface area (Å²) in [5, 5.41) is 0. The first-order valence-electron chi connectivity index (χ1n) is 9.26. The Bertz CT molecular complexity index is 910. The van der Waals surface area contributed by atoms with Crippen LogP contribution in [0.25, 0.3) is 11.0 Å². The Morgan fingerprint density at radius 3 is 2.46 bits per heavy atom. The van der Waals surface area contributed by atoms with E-state index in [2.05, 4.69) is 4.98 Å². The maximum Gasteiger partial charge on any atom is 0.249 e. The van der Waals surface area contributed by atoms with Gasteiger partial charge in [0.05, 0.1) is 22.9 Å². The number of benzene rings is 1. The SMILES string of the molecule is O=C1[C@@H]2CCCC[C@H]2C(=O)N1CC(=O)N1CCn2c1nc1ccccc12. The molecule has 134 valence electrons. The zero-order valence-corrected chi connectivity index (χ0v) is 14.4. The molecular formula is C19H20N4O3. The van der Waals surface area contributed by atoms with Crippen LogP contribution in [0.3, 0.4) is 0 Å². The molecule has 0 radical (unpaired) electrons. The molecule has 1 saturated heterocycles. The number of para-hydroxylation sites is 2. The summed E-state index contributed by atoms with van der Waals surface area (Å²) in [6.45, 7) is 1.03. The third-order valence-electron chi connectivity index (χ3n) is 5.95. The van der Waals surface area contributed by atoms with E-state index in [0.29, 0.717) is 19.0 Å². The number of rotatable bonds is 2. The summed E-state index contributed by atoms with van der Waals surface area (Å²) in [5.74, 6) is -0.395. The third kappa shape index (κ3) is 2.12. The Morgan fingerprint density at radius 2 is 1.73 bits per heavy atom. The van der Waals surface area contributed by atoms with Gasteiger partial charge in [-0.2, -0.15) is 0 Å². The lowest BCUT2D eigenvalue weighted by atomic mass is 9.81. The van der Waals surface area contributed by atoms with Gasteiger partial charge in [0.15, 0.2) is 0 Å². The highest BCUT2D eigenvalue weighted by molar-refractivity contribution is 6.09. The molecule has 7 heteroatoms. The van der Waals surface area contributed by atoms with Crippen molar-refractivity contribution >= 4 is 34.7 Å². The maximum atomic E-state index is 12.9. The topological polar surface area (TPSA) is 75.5 Å². The van der Waals surface area contributed by atoms with Crippen molar-refractivity contribution in [2.45, 2.75) is 32.2 Å². The Morgan fingerprint density at radius 1 is 1.04 bits per heavy atom. The molecular weight excluding hydrogens is 332 g/mol. The second kappa shape index (κ2) is 5.65. The Hall–Kier alpha value is -2.70. The number of carbonyl (C=O) groups is 3. The minimum Gasteiger partial charge on any atom is -0.308 e. The fraction of sp³-hybridized carbons (Fsp3) is 0.474. The van der Waals surface area contributed by atoms with Gasteiger partial charge in [-0.1, -0.05) is 25.0 Å². The molecule has 7 nitrogen and oxygen atoms in total. The molecule has 2 atom stereocenters. The Kier molecular flexibility index (Phi) is 3.38. The van der Waals surface area contributed by atoms with Crippen molar-refractivity contribution in [3.05, 3.63) is 24.3 Å². The quantitative estimate of drug-likeness (QED) is 0.769. The smallest absolute Gasteiger partial charge is 0.249 e. The van der Waals surface area contributed by atoms with Gasteiger partial charge in [-0.25, -0.2) is 4.98 Å². The number of imide groups is 1. The molecule has 3 amide bonds. The van der Waals surface area contributed by atoms with Crippen LogP contribution in [-0.4, -0.2) is 45.3 Å². The molecule has 3 aliphatic rings. The van der Waals surface area contributed by atoms with E-state index in [1.165, 1.54) is 4.90 Å². The highest BCUT2D eigenvalue weighted by Crippen LogP contribution is 2.38. The minimum atomic E-state index is -0.237.